The largest absolute Gasteiger partial charge is 0.465 e. The van der Waals surface area contributed by atoms with Crippen molar-refractivity contribution in [2.24, 2.45) is 0 Å². The number of piperidine rings is 1. The summed E-state index contributed by atoms with van der Waals surface area (Å²) in [6.07, 6.45) is 3.70. The summed E-state index contributed by atoms with van der Waals surface area (Å²) in [6.45, 7) is 3.38. The molecule has 0 aliphatic carbocycles. The Morgan fingerprint density at radius 2 is 1.62 bits per heavy atom. The molecule has 2 aliphatic rings. The topological polar surface area (TPSA) is 109 Å². The lowest BCUT2D eigenvalue weighted by Gasteiger charge is -2.25. The Morgan fingerprint density at radius 1 is 0.900 bits per heavy atom. The summed E-state index contributed by atoms with van der Waals surface area (Å²) in [5.74, 6) is -1.09. The first-order valence-corrected chi connectivity index (χ1v) is 13.4. The second-order valence-electron chi connectivity index (χ2n) is 9.71. The molecule has 0 radical (unpaired) electrons. The molecule has 0 aromatic heterocycles. The number of rotatable bonds is 9. The first-order valence-electron chi connectivity index (χ1n) is 13.4. The summed E-state index contributed by atoms with van der Waals surface area (Å²) in [4.78, 5) is 45.5. The SMILES string of the molecule is COC(=O)c1ccc2c(c1)NC(=O)C2=C(Nc1ccc(C(=O)NOCCN2CCCCC2)cc1)c1ccccc1. The Kier molecular flexibility index (Phi) is 8.53. The van der Waals surface area contributed by atoms with Crippen molar-refractivity contribution in [2.45, 2.75) is 19.3 Å². The number of hydroxylamine groups is 1. The molecule has 9 nitrogen and oxygen atoms in total. The van der Waals surface area contributed by atoms with Crippen LogP contribution in [0.2, 0.25) is 0 Å². The summed E-state index contributed by atoms with van der Waals surface area (Å²) in [7, 11) is 1.31. The third-order valence-corrected chi connectivity index (χ3v) is 7.04. The summed E-state index contributed by atoms with van der Waals surface area (Å²) < 4.78 is 4.81. The van der Waals surface area contributed by atoms with Gasteiger partial charge >= 0.3 is 5.97 Å². The lowest BCUT2D eigenvalue weighted by Crippen LogP contribution is -2.35. The maximum absolute atomic E-state index is 13.2. The van der Waals surface area contributed by atoms with Crippen molar-refractivity contribution in [1.82, 2.24) is 10.4 Å². The molecule has 0 unspecified atom stereocenters. The Labute approximate surface area is 233 Å². The predicted molar refractivity (Wildman–Crippen MR) is 153 cm³/mol. The lowest BCUT2D eigenvalue weighted by atomic mass is 9.99. The van der Waals surface area contributed by atoms with Gasteiger partial charge in [-0.25, -0.2) is 10.3 Å². The molecule has 2 amide bonds. The van der Waals surface area contributed by atoms with Gasteiger partial charge in [-0.15, -0.1) is 0 Å². The highest BCUT2D eigenvalue weighted by Gasteiger charge is 2.29. The summed E-state index contributed by atoms with van der Waals surface area (Å²) in [5.41, 5.74) is 7.07. The molecular formula is C31H32N4O5. The van der Waals surface area contributed by atoms with Crippen molar-refractivity contribution in [3.8, 4) is 0 Å². The molecule has 0 bridgehead atoms. The van der Waals surface area contributed by atoms with E-state index in [0.717, 1.165) is 25.2 Å². The quantitative estimate of drug-likeness (QED) is 0.158. The van der Waals surface area contributed by atoms with E-state index in [9.17, 15) is 14.4 Å². The number of likely N-dealkylation sites (tertiary alicyclic amines) is 1. The highest BCUT2D eigenvalue weighted by Crippen LogP contribution is 2.38. The molecule has 40 heavy (non-hydrogen) atoms. The van der Waals surface area contributed by atoms with E-state index in [1.165, 1.54) is 26.4 Å². The zero-order chi connectivity index (χ0) is 27.9. The van der Waals surface area contributed by atoms with Gasteiger partial charge in [-0.1, -0.05) is 42.8 Å². The number of fused-ring (bicyclic) bond motifs is 1. The monoisotopic (exact) mass is 540 g/mol. The number of ether oxygens (including phenoxy) is 1. The zero-order valence-electron chi connectivity index (χ0n) is 22.4. The molecule has 0 saturated carbocycles. The van der Waals surface area contributed by atoms with E-state index in [2.05, 4.69) is 21.0 Å². The molecule has 3 aromatic rings. The number of anilines is 2. The van der Waals surface area contributed by atoms with Gasteiger partial charge < -0.3 is 20.3 Å². The number of nitrogens with zero attached hydrogens (tertiary/aromatic N) is 1. The summed E-state index contributed by atoms with van der Waals surface area (Å²) in [5, 5.41) is 6.23. The minimum atomic E-state index is -0.479. The average molecular weight is 541 g/mol. The van der Waals surface area contributed by atoms with Crippen LogP contribution in [-0.2, 0) is 14.4 Å². The van der Waals surface area contributed by atoms with E-state index >= 15 is 0 Å². The number of esters is 1. The van der Waals surface area contributed by atoms with Crippen molar-refractivity contribution in [1.29, 1.82) is 0 Å². The first-order chi connectivity index (χ1) is 19.5. The minimum absolute atomic E-state index is 0.291. The third kappa shape index (κ3) is 6.22. The molecule has 1 saturated heterocycles. The molecule has 3 aromatic carbocycles. The number of carbonyl (C=O) groups is 3. The van der Waals surface area contributed by atoms with Crippen molar-refractivity contribution in [3.05, 3.63) is 95.1 Å². The Balaban J connectivity index is 1.32. The van der Waals surface area contributed by atoms with Crippen LogP contribution in [0, 0.1) is 0 Å². The maximum atomic E-state index is 13.2. The molecule has 5 rings (SSSR count). The summed E-state index contributed by atoms with van der Waals surface area (Å²) in [6, 6.07) is 21.4. The lowest BCUT2D eigenvalue weighted by molar-refractivity contribution is -0.110. The fraction of sp³-hybridized carbons (Fsp3) is 0.258. The van der Waals surface area contributed by atoms with Gasteiger partial charge in [0.25, 0.3) is 11.8 Å². The smallest absolute Gasteiger partial charge is 0.337 e. The van der Waals surface area contributed by atoms with Crippen LogP contribution in [0.3, 0.4) is 0 Å². The molecule has 9 heteroatoms. The number of carbonyl (C=O) groups excluding carboxylic acids is 3. The maximum Gasteiger partial charge on any atom is 0.337 e. The molecule has 1 fully saturated rings. The second kappa shape index (κ2) is 12.6. The van der Waals surface area contributed by atoms with E-state index < -0.39 is 5.97 Å². The van der Waals surface area contributed by atoms with Crippen LogP contribution in [-0.4, -0.2) is 56.0 Å². The normalized spacial score (nSPS) is 16.1. The molecule has 2 aliphatic heterocycles. The molecule has 2 heterocycles. The Morgan fingerprint density at radius 3 is 2.35 bits per heavy atom. The number of benzene rings is 3. The van der Waals surface area contributed by atoms with Gasteiger partial charge in [-0.3, -0.25) is 14.4 Å². The fourth-order valence-corrected chi connectivity index (χ4v) is 4.93. The number of methoxy groups -OCH3 is 1. The Hall–Kier alpha value is -4.47. The van der Waals surface area contributed by atoms with Crippen LogP contribution in [0.5, 0.6) is 0 Å². The van der Waals surface area contributed by atoms with E-state index in [-0.39, 0.29) is 11.8 Å². The highest BCUT2D eigenvalue weighted by molar-refractivity contribution is 6.37. The predicted octanol–water partition coefficient (Wildman–Crippen LogP) is 4.55. The zero-order valence-corrected chi connectivity index (χ0v) is 22.4. The van der Waals surface area contributed by atoms with Crippen molar-refractivity contribution in [2.75, 3.05) is 44.0 Å². The van der Waals surface area contributed by atoms with Crippen molar-refractivity contribution < 1.29 is 24.0 Å². The van der Waals surface area contributed by atoms with Crippen molar-refractivity contribution >= 4 is 40.4 Å². The van der Waals surface area contributed by atoms with Gasteiger partial charge in [-0.05, 0) is 67.9 Å². The number of hydrogen-bond acceptors (Lipinski definition) is 7. The number of amides is 2. The highest BCUT2D eigenvalue weighted by atomic mass is 16.7. The van der Waals surface area contributed by atoms with E-state index in [4.69, 9.17) is 9.57 Å². The average Bonchev–Trinajstić information content (AvgIpc) is 3.33. The fourth-order valence-electron chi connectivity index (χ4n) is 4.93. The van der Waals surface area contributed by atoms with Crippen LogP contribution in [0.15, 0.2) is 72.8 Å². The van der Waals surface area contributed by atoms with Gasteiger partial charge in [0.15, 0.2) is 0 Å². The van der Waals surface area contributed by atoms with Crippen molar-refractivity contribution in [3.63, 3.8) is 0 Å². The van der Waals surface area contributed by atoms with Crippen LogP contribution in [0.1, 0.15) is 51.1 Å². The van der Waals surface area contributed by atoms with E-state index in [0.29, 0.717) is 45.9 Å². The molecule has 3 N–H and O–H groups in total. The van der Waals surface area contributed by atoms with E-state index in [1.807, 2.05) is 30.3 Å². The summed E-state index contributed by atoms with van der Waals surface area (Å²) >= 11 is 0. The van der Waals surface area contributed by atoms with Gasteiger partial charge in [0.1, 0.15) is 0 Å². The standard InChI is InChI=1S/C31H32N4O5/c1-39-31(38)23-12-15-25-26(20-23)33-30(37)27(25)28(21-8-4-2-5-9-21)32-24-13-10-22(11-14-24)29(36)34-40-19-18-35-16-6-3-7-17-35/h2,4-5,8-15,20,32H,3,6-7,16-19H2,1H3,(H,33,37)(H,34,36). The Bertz CT molecular complexity index is 1410. The van der Waals surface area contributed by atoms with Crippen LogP contribution >= 0.6 is 0 Å². The first kappa shape index (κ1) is 27.1. The third-order valence-electron chi connectivity index (χ3n) is 7.04. The van der Waals surface area contributed by atoms with E-state index in [1.54, 1.807) is 42.5 Å². The number of nitrogens with one attached hydrogen (secondary N) is 3. The molecular weight excluding hydrogens is 508 g/mol. The van der Waals surface area contributed by atoms with Gasteiger partial charge in [-0.2, -0.15) is 0 Å². The van der Waals surface area contributed by atoms with Gasteiger partial charge in [0.05, 0.1) is 36.2 Å². The second-order valence-corrected chi connectivity index (χ2v) is 9.71. The molecule has 0 atom stereocenters. The number of hydrogen-bond donors (Lipinski definition) is 3. The molecule has 206 valence electrons. The van der Waals surface area contributed by atoms with Crippen LogP contribution in [0.4, 0.5) is 11.4 Å². The van der Waals surface area contributed by atoms with Crippen LogP contribution < -0.4 is 16.1 Å². The minimum Gasteiger partial charge on any atom is -0.465 e. The molecule has 0 spiro atoms. The van der Waals surface area contributed by atoms with Crippen LogP contribution in [0.25, 0.3) is 11.3 Å². The van der Waals surface area contributed by atoms with Gasteiger partial charge in [0.2, 0.25) is 0 Å². The van der Waals surface area contributed by atoms with Gasteiger partial charge in [0, 0.05) is 23.4 Å².